The van der Waals surface area contributed by atoms with Crippen LogP contribution in [0.15, 0.2) is 11.3 Å². The number of hydrogen-bond acceptors (Lipinski definition) is 3. The zero-order chi connectivity index (χ0) is 10.6. The van der Waals surface area contributed by atoms with Crippen LogP contribution in [0.3, 0.4) is 0 Å². The largest absolute Gasteiger partial charge is 0.463 e. The monoisotopic (exact) mass is 185 g/mol. The molecule has 3 heteroatoms. The number of rotatable bonds is 2. The third-order valence-corrected chi connectivity index (χ3v) is 1.79. The van der Waals surface area contributed by atoms with E-state index in [-0.39, 0.29) is 11.4 Å². The summed E-state index contributed by atoms with van der Waals surface area (Å²) in [5.41, 5.74) is 6.72. The van der Waals surface area contributed by atoms with Crippen LogP contribution in [0.5, 0.6) is 0 Å². The molecule has 0 saturated carbocycles. The summed E-state index contributed by atoms with van der Waals surface area (Å²) >= 11 is 0. The molecule has 0 heterocycles. The second-order valence-electron chi connectivity index (χ2n) is 4.01. The zero-order valence-corrected chi connectivity index (χ0v) is 9.10. The fourth-order valence-electron chi connectivity index (χ4n) is 0.912. The van der Waals surface area contributed by atoms with Gasteiger partial charge in [0.15, 0.2) is 0 Å². The van der Waals surface area contributed by atoms with Crippen LogP contribution in [-0.2, 0) is 9.53 Å². The second-order valence-corrected chi connectivity index (χ2v) is 4.01. The first-order valence-corrected chi connectivity index (χ1v) is 4.44. The zero-order valence-electron chi connectivity index (χ0n) is 9.10. The van der Waals surface area contributed by atoms with Gasteiger partial charge in [-0.2, -0.15) is 0 Å². The van der Waals surface area contributed by atoms with Crippen molar-refractivity contribution in [1.29, 1.82) is 0 Å². The molecule has 3 nitrogen and oxygen atoms in total. The lowest BCUT2D eigenvalue weighted by atomic mass is 9.89. The van der Waals surface area contributed by atoms with E-state index in [4.69, 9.17) is 10.5 Å². The van der Waals surface area contributed by atoms with Gasteiger partial charge in [0.05, 0.1) is 12.2 Å². The van der Waals surface area contributed by atoms with Crippen LogP contribution in [0.25, 0.3) is 0 Å². The fourth-order valence-corrected chi connectivity index (χ4v) is 0.912. The number of ether oxygens (including phenoxy) is 1. The molecule has 0 aromatic heterocycles. The van der Waals surface area contributed by atoms with E-state index in [1.54, 1.807) is 13.8 Å². The summed E-state index contributed by atoms with van der Waals surface area (Å²) < 4.78 is 4.84. The van der Waals surface area contributed by atoms with Crippen molar-refractivity contribution < 1.29 is 9.53 Å². The van der Waals surface area contributed by atoms with Gasteiger partial charge in [-0.3, -0.25) is 0 Å². The van der Waals surface area contributed by atoms with Crippen LogP contribution in [0.2, 0.25) is 0 Å². The van der Waals surface area contributed by atoms with Crippen molar-refractivity contribution in [2.45, 2.75) is 34.6 Å². The highest BCUT2D eigenvalue weighted by atomic mass is 16.5. The first kappa shape index (κ1) is 12.0. The molecule has 0 spiro atoms. The predicted molar refractivity (Wildman–Crippen MR) is 53.0 cm³/mol. The second kappa shape index (κ2) is 4.30. The Balaban J connectivity index is 4.72. The topological polar surface area (TPSA) is 52.3 Å². The van der Waals surface area contributed by atoms with Gasteiger partial charge in [0.2, 0.25) is 0 Å². The van der Waals surface area contributed by atoms with E-state index in [2.05, 4.69) is 0 Å². The third kappa shape index (κ3) is 3.49. The molecule has 2 N–H and O–H groups in total. The molecular formula is C10H19NO2. The van der Waals surface area contributed by atoms with E-state index in [0.29, 0.717) is 17.9 Å². The van der Waals surface area contributed by atoms with Gasteiger partial charge in [0.1, 0.15) is 0 Å². The molecule has 0 aliphatic rings. The minimum Gasteiger partial charge on any atom is -0.463 e. The molecule has 76 valence electrons. The summed E-state index contributed by atoms with van der Waals surface area (Å²) in [6.45, 7) is 9.74. The third-order valence-electron chi connectivity index (χ3n) is 1.79. The molecule has 0 atom stereocenters. The Labute approximate surface area is 79.9 Å². The molecule has 0 saturated heterocycles. The Morgan fingerprint density at radius 3 is 2.15 bits per heavy atom. The van der Waals surface area contributed by atoms with Crippen LogP contribution in [0.1, 0.15) is 34.6 Å². The molecule has 0 aromatic rings. The highest BCUT2D eigenvalue weighted by molar-refractivity contribution is 5.88. The number of hydrogen-bond donors (Lipinski definition) is 1. The summed E-state index contributed by atoms with van der Waals surface area (Å²) in [6.07, 6.45) is 0. The SMILES string of the molecule is CCOC(=O)C(C)=C(N)C(C)(C)C. The fraction of sp³-hybridized carbons (Fsp3) is 0.700. The normalized spacial score (nSPS) is 13.6. The Hall–Kier alpha value is -0.990. The van der Waals surface area contributed by atoms with Gasteiger partial charge in [-0.05, 0) is 13.8 Å². The first-order valence-electron chi connectivity index (χ1n) is 4.44. The van der Waals surface area contributed by atoms with E-state index >= 15 is 0 Å². The lowest BCUT2D eigenvalue weighted by Gasteiger charge is -2.21. The maximum Gasteiger partial charge on any atom is 0.335 e. The van der Waals surface area contributed by atoms with E-state index in [1.165, 1.54) is 0 Å². The van der Waals surface area contributed by atoms with Crippen molar-refractivity contribution in [3.63, 3.8) is 0 Å². The highest BCUT2D eigenvalue weighted by Crippen LogP contribution is 2.23. The van der Waals surface area contributed by atoms with Gasteiger partial charge in [-0.1, -0.05) is 20.8 Å². The van der Waals surface area contributed by atoms with Crippen molar-refractivity contribution in [3.05, 3.63) is 11.3 Å². The molecule has 0 rings (SSSR count). The summed E-state index contributed by atoms with van der Waals surface area (Å²) in [5.74, 6) is -0.324. The standard InChI is InChI=1S/C10H19NO2/c1-6-13-9(12)7(2)8(11)10(3,4)5/h6,11H2,1-5H3. The maximum atomic E-state index is 11.3. The van der Waals surface area contributed by atoms with Crippen LogP contribution in [-0.4, -0.2) is 12.6 Å². The molecule has 0 aliphatic carbocycles. The molecule has 13 heavy (non-hydrogen) atoms. The smallest absolute Gasteiger partial charge is 0.335 e. The van der Waals surface area contributed by atoms with Crippen LogP contribution < -0.4 is 5.73 Å². The van der Waals surface area contributed by atoms with Crippen molar-refractivity contribution in [2.24, 2.45) is 11.1 Å². The Kier molecular flexibility index (Phi) is 3.98. The Morgan fingerprint density at radius 1 is 1.38 bits per heavy atom. The molecule has 0 radical (unpaired) electrons. The van der Waals surface area contributed by atoms with Crippen molar-refractivity contribution in [1.82, 2.24) is 0 Å². The molecule has 0 bridgehead atoms. The van der Waals surface area contributed by atoms with Gasteiger partial charge in [0.25, 0.3) is 0 Å². The number of carbonyl (C=O) groups is 1. The van der Waals surface area contributed by atoms with E-state index < -0.39 is 0 Å². The van der Waals surface area contributed by atoms with Gasteiger partial charge in [0, 0.05) is 11.1 Å². The quantitative estimate of drug-likeness (QED) is 0.527. The van der Waals surface area contributed by atoms with Crippen LogP contribution >= 0.6 is 0 Å². The minimum absolute atomic E-state index is 0.184. The molecule has 0 aliphatic heterocycles. The Bertz CT molecular complexity index is 224. The molecule has 0 aromatic carbocycles. The number of allylic oxidation sites excluding steroid dienone is 1. The van der Waals surface area contributed by atoms with E-state index in [0.717, 1.165) is 0 Å². The van der Waals surface area contributed by atoms with E-state index in [9.17, 15) is 4.79 Å². The average molecular weight is 185 g/mol. The van der Waals surface area contributed by atoms with Crippen molar-refractivity contribution >= 4 is 5.97 Å². The molecular weight excluding hydrogens is 166 g/mol. The predicted octanol–water partition coefficient (Wildman–Crippen LogP) is 1.83. The number of carbonyl (C=O) groups excluding carboxylic acids is 1. The van der Waals surface area contributed by atoms with Gasteiger partial charge < -0.3 is 10.5 Å². The van der Waals surface area contributed by atoms with Crippen molar-refractivity contribution in [2.75, 3.05) is 6.61 Å². The molecule has 0 amide bonds. The molecule has 0 unspecified atom stereocenters. The maximum absolute atomic E-state index is 11.3. The summed E-state index contributed by atoms with van der Waals surface area (Å²) in [5, 5.41) is 0. The summed E-state index contributed by atoms with van der Waals surface area (Å²) in [7, 11) is 0. The average Bonchev–Trinajstić information content (AvgIpc) is 2.00. The number of esters is 1. The lowest BCUT2D eigenvalue weighted by Crippen LogP contribution is -2.22. The molecule has 0 fully saturated rings. The lowest BCUT2D eigenvalue weighted by molar-refractivity contribution is -0.138. The van der Waals surface area contributed by atoms with Gasteiger partial charge >= 0.3 is 5.97 Å². The highest BCUT2D eigenvalue weighted by Gasteiger charge is 2.20. The van der Waals surface area contributed by atoms with E-state index in [1.807, 2.05) is 20.8 Å². The van der Waals surface area contributed by atoms with Gasteiger partial charge in [-0.25, -0.2) is 4.79 Å². The van der Waals surface area contributed by atoms with Crippen LogP contribution in [0.4, 0.5) is 0 Å². The van der Waals surface area contributed by atoms with Crippen molar-refractivity contribution in [3.8, 4) is 0 Å². The van der Waals surface area contributed by atoms with Crippen LogP contribution in [0, 0.1) is 5.41 Å². The minimum atomic E-state index is -0.324. The first-order chi connectivity index (χ1) is 5.80. The Morgan fingerprint density at radius 2 is 1.85 bits per heavy atom. The van der Waals surface area contributed by atoms with Gasteiger partial charge in [-0.15, -0.1) is 0 Å². The summed E-state index contributed by atoms with van der Waals surface area (Å²) in [4.78, 5) is 11.3. The number of nitrogens with two attached hydrogens (primary N) is 1. The summed E-state index contributed by atoms with van der Waals surface area (Å²) in [6, 6.07) is 0.